The van der Waals surface area contributed by atoms with E-state index in [1.54, 1.807) is 13.8 Å². The molecule has 4 fully saturated rings. The predicted octanol–water partition coefficient (Wildman–Crippen LogP) is 3.64. The molecular formula is C25H35N3O6S. The number of aromatic nitrogens is 1. The second-order valence-corrected chi connectivity index (χ2v) is 12.7. The molecule has 2 amide bonds. The number of carbonyl (C=O) groups is 3. The molecular weight excluding hydrogens is 470 g/mol. The van der Waals surface area contributed by atoms with Crippen molar-refractivity contribution in [2.24, 2.45) is 23.7 Å². The molecule has 192 valence electrons. The van der Waals surface area contributed by atoms with Crippen LogP contribution in [0.3, 0.4) is 0 Å². The molecule has 10 heteroatoms. The van der Waals surface area contributed by atoms with Crippen LogP contribution in [-0.2, 0) is 9.59 Å². The van der Waals surface area contributed by atoms with Crippen LogP contribution >= 0.6 is 11.8 Å². The van der Waals surface area contributed by atoms with Crippen molar-refractivity contribution in [3.63, 3.8) is 0 Å². The first-order valence-corrected chi connectivity index (χ1v) is 13.2. The first kappa shape index (κ1) is 25.6. The van der Waals surface area contributed by atoms with E-state index in [4.69, 9.17) is 14.4 Å². The zero-order valence-corrected chi connectivity index (χ0v) is 21.5. The van der Waals surface area contributed by atoms with E-state index in [0.717, 1.165) is 24.0 Å². The third-order valence-electron chi connectivity index (χ3n) is 7.11. The zero-order chi connectivity index (χ0) is 25.3. The standard InChI is InChI=1S/C25H35N3O6S/c1-13(2)35-22-21(23(32)26-20-16-8-14-7-15(10-16)11-17(20)9-14)34-28-24(22)33-12-25(3,4)27-18(29)5-6-19(30)31/h5-6,13-17,20H,7-12H2,1-4H3,(H,26,32)(H,27,29)(H,30,31)/b6-5-. The van der Waals surface area contributed by atoms with E-state index in [9.17, 15) is 14.4 Å². The number of carbonyl (C=O) groups excluding carboxylic acids is 2. The Morgan fingerprint density at radius 1 is 1.14 bits per heavy atom. The molecule has 0 aromatic carbocycles. The maximum Gasteiger partial charge on any atom is 0.328 e. The Morgan fingerprint density at radius 3 is 2.34 bits per heavy atom. The average molecular weight is 506 g/mol. The van der Waals surface area contributed by atoms with E-state index < -0.39 is 17.4 Å². The Hall–Kier alpha value is -2.49. The van der Waals surface area contributed by atoms with Gasteiger partial charge in [-0.05, 0) is 74.8 Å². The second-order valence-electron chi connectivity index (χ2n) is 11.1. The summed E-state index contributed by atoms with van der Waals surface area (Å²) in [5, 5.41) is 18.8. The Morgan fingerprint density at radius 2 is 1.77 bits per heavy atom. The smallest absolute Gasteiger partial charge is 0.328 e. The third-order valence-corrected chi connectivity index (χ3v) is 8.18. The summed E-state index contributed by atoms with van der Waals surface area (Å²) in [5.74, 6) is 1.13. The molecule has 3 N–H and O–H groups in total. The highest BCUT2D eigenvalue weighted by molar-refractivity contribution is 8.00. The van der Waals surface area contributed by atoms with Crippen LogP contribution in [0.2, 0.25) is 0 Å². The summed E-state index contributed by atoms with van der Waals surface area (Å²) in [5.41, 5.74) is -0.818. The summed E-state index contributed by atoms with van der Waals surface area (Å²) in [6.07, 6.45) is 7.91. The number of carboxylic acid groups (broad SMARTS) is 1. The van der Waals surface area contributed by atoms with Crippen molar-refractivity contribution >= 4 is 29.5 Å². The molecule has 35 heavy (non-hydrogen) atoms. The molecule has 0 radical (unpaired) electrons. The lowest BCUT2D eigenvalue weighted by molar-refractivity contribution is -0.131. The van der Waals surface area contributed by atoms with Crippen molar-refractivity contribution in [2.45, 2.75) is 81.5 Å². The van der Waals surface area contributed by atoms with Crippen LogP contribution in [0.15, 0.2) is 21.6 Å². The molecule has 1 heterocycles. The van der Waals surface area contributed by atoms with Gasteiger partial charge in [0.15, 0.2) is 0 Å². The number of hydrogen-bond acceptors (Lipinski definition) is 7. The fourth-order valence-electron chi connectivity index (χ4n) is 6.03. The maximum atomic E-state index is 13.3. The average Bonchev–Trinajstić information content (AvgIpc) is 3.14. The lowest BCUT2D eigenvalue weighted by Crippen LogP contribution is -2.55. The number of ether oxygens (including phenoxy) is 1. The van der Waals surface area contributed by atoms with Gasteiger partial charge in [0.25, 0.3) is 11.8 Å². The predicted molar refractivity (Wildman–Crippen MR) is 130 cm³/mol. The molecule has 0 spiro atoms. The number of nitrogens with zero attached hydrogens (tertiary/aromatic N) is 1. The molecule has 0 atom stereocenters. The van der Waals surface area contributed by atoms with Crippen molar-refractivity contribution in [3.8, 4) is 5.88 Å². The summed E-state index contributed by atoms with van der Waals surface area (Å²) < 4.78 is 11.4. The van der Waals surface area contributed by atoms with Crippen molar-refractivity contribution in [1.29, 1.82) is 0 Å². The van der Waals surface area contributed by atoms with E-state index >= 15 is 0 Å². The molecule has 0 saturated heterocycles. The van der Waals surface area contributed by atoms with Gasteiger partial charge in [-0.1, -0.05) is 13.8 Å². The van der Waals surface area contributed by atoms with Gasteiger partial charge in [0.05, 0.1) is 5.54 Å². The van der Waals surface area contributed by atoms with Crippen LogP contribution in [0.25, 0.3) is 0 Å². The van der Waals surface area contributed by atoms with E-state index in [1.807, 2.05) is 13.8 Å². The zero-order valence-electron chi connectivity index (χ0n) is 20.7. The minimum absolute atomic E-state index is 0.0500. The van der Waals surface area contributed by atoms with Crippen LogP contribution in [0.5, 0.6) is 5.88 Å². The topological polar surface area (TPSA) is 131 Å². The number of nitrogens with one attached hydrogen (secondary N) is 2. The number of carboxylic acids is 1. The minimum atomic E-state index is -1.20. The minimum Gasteiger partial charge on any atom is -0.478 e. The monoisotopic (exact) mass is 505 g/mol. The van der Waals surface area contributed by atoms with Gasteiger partial charge in [-0.25, -0.2) is 4.79 Å². The van der Waals surface area contributed by atoms with E-state index in [1.165, 1.54) is 43.9 Å². The third kappa shape index (κ3) is 6.20. The van der Waals surface area contributed by atoms with Gasteiger partial charge in [-0.3, -0.25) is 9.59 Å². The lowest BCUT2D eigenvalue weighted by atomic mass is 9.54. The van der Waals surface area contributed by atoms with Gasteiger partial charge in [-0.2, -0.15) is 0 Å². The first-order valence-electron chi connectivity index (χ1n) is 12.3. The van der Waals surface area contributed by atoms with E-state index in [0.29, 0.717) is 16.7 Å². The van der Waals surface area contributed by atoms with Crippen LogP contribution in [0.4, 0.5) is 0 Å². The van der Waals surface area contributed by atoms with Crippen LogP contribution in [-0.4, -0.2) is 51.5 Å². The van der Waals surface area contributed by atoms with Gasteiger partial charge in [0.1, 0.15) is 11.5 Å². The molecule has 4 saturated carbocycles. The number of aliphatic carboxylic acids is 1. The first-order chi connectivity index (χ1) is 16.5. The van der Waals surface area contributed by atoms with E-state index in [-0.39, 0.29) is 35.4 Å². The SMILES string of the molecule is CC(C)Sc1c(OCC(C)(C)NC(=O)/C=C\C(=O)O)noc1C(=O)NC1C2CC3CC(C2)CC1C3. The molecule has 1 aromatic rings. The molecule has 4 aliphatic carbocycles. The maximum absolute atomic E-state index is 13.3. The van der Waals surface area contributed by atoms with Crippen LogP contribution < -0.4 is 15.4 Å². The number of amides is 2. The highest BCUT2D eigenvalue weighted by atomic mass is 32.2. The van der Waals surface area contributed by atoms with Gasteiger partial charge in [0.2, 0.25) is 11.7 Å². The van der Waals surface area contributed by atoms with E-state index in [2.05, 4.69) is 15.8 Å². The largest absolute Gasteiger partial charge is 0.478 e. The van der Waals surface area contributed by atoms with Crippen molar-refractivity contribution < 1.29 is 28.8 Å². The summed E-state index contributed by atoms with van der Waals surface area (Å²) in [6, 6.07) is 0.190. The van der Waals surface area contributed by atoms with Gasteiger partial charge in [-0.15, -0.1) is 11.8 Å². The van der Waals surface area contributed by atoms with Crippen molar-refractivity contribution in [3.05, 3.63) is 17.9 Å². The molecule has 1 aromatic heterocycles. The molecule has 0 unspecified atom stereocenters. The summed E-state index contributed by atoms with van der Waals surface area (Å²) in [4.78, 5) is 36.4. The fraction of sp³-hybridized carbons (Fsp3) is 0.680. The molecule has 5 rings (SSSR count). The summed E-state index contributed by atoms with van der Waals surface area (Å²) >= 11 is 1.45. The van der Waals surface area contributed by atoms with Crippen molar-refractivity contribution in [1.82, 2.24) is 15.8 Å². The number of rotatable bonds is 10. The quantitative estimate of drug-likeness (QED) is 0.324. The van der Waals surface area contributed by atoms with Gasteiger partial charge >= 0.3 is 5.97 Å². The normalized spacial score (nSPS) is 27.4. The molecule has 0 aliphatic heterocycles. The lowest BCUT2D eigenvalue weighted by Gasteiger charge is -2.54. The number of hydrogen-bond donors (Lipinski definition) is 3. The van der Waals surface area contributed by atoms with Crippen LogP contribution in [0, 0.1) is 23.7 Å². The van der Waals surface area contributed by atoms with Crippen LogP contribution in [0.1, 0.15) is 70.4 Å². The highest BCUT2D eigenvalue weighted by Gasteiger charge is 2.49. The summed E-state index contributed by atoms with van der Waals surface area (Å²) in [7, 11) is 0. The molecule has 4 aliphatic rings. The molecule has 9 nitrogen and oxygen atoms in total. The Bertz CT molecular complexity index is 973. The molecule has 4 bridgehead atoms. The highest BCUT2D eigenvalue weighted by Crippen LogP contribution is 2.53. The number of thioether (sulfide) groups is 1. The Labute approximate surface area is 209 Å². The van der Waals surface area contributed by atoms with Crippen molar-refractivity contribution in [2.75, 3.05) is 6.61 Å². The second kappa shape index (κ2) is 10.2. The Kier molecular flexibility index (Phi) is 7.49. The summed E-state index contributed by atoms with van der Waals surface area (Å²) in [6.45, 7) is 7.57. The van der Waals surface area contributed by atoms with Gasteiger partial charge < -0.3 is 25.0 Å². The fourth-order valence-corrected chi connectivity index (χ4v) is 6.93. The Balaban J connectivity index is 1.42. The van der Waals surface area contributed by atoms with Gasteiger partial charge in [0, 0.05) is 23.4 Å².